The largest absolute Gasteiger partial charge is 0.372 e. The first kappa shape index (κ1) is 25.4. The smallest absolute Gasteiger partial charge is 0.188 e. The fourth-order valence-corrected chi connectivity index (χ4v) is 7.07. The summed E-state index contributed by atoms with van der Waals surface area (Å²) in [6.45, 7) is 16.1. The van der Waals surface area contributed by atoms with E-state index in [1.165, 1.54) is 11.1 Å². The van der Waals surface area contributed by atoms with Gasteiger partial charge in [-0.15, -0.1) is 0 Å². The molecular formula is C40H24N4O. The van der Waals surface area contributed by atoms with Gasteiger partial charge in [-0.25, -0.2) is 9.69 Å². The van der Waals surface area contributed by atoms with E-state index in [0.29, 0.717) is 24.6 Å². The lowest BCUT2D eigenvalue weighted by Crippen LogP contribution is -1.98. The summed E-state index contributed by atoms with van der Waals surface area (Å²) in [5.74, 6) is 0. The second-order valence-electron chi connectivity index (χ2n) is 11.5. The highest BCUT2D eigenvalue weighted by atomic mass is 16.5. The van der Waals surface area contributed by atoms with Crippen LogP contribution in [0.1, 0.15) is 11.1 Å². The van der Waals surface area contributed by atoms with Crippen LogP contribution in [-0.4, -0.2) is 9.13 Å². The maximum Gasteiger partial charge on any atom is 0.188 e. The second kappa shape index (κ2) is 9.69. The molecule has 3 heterocycles. The lowest BCUT2D eigenvalue weighted by molar-refractivity contribution is 0.110. The number of ether oxygens (including phenoxy) is 1. The van der Waals surface area contributed by atoms with Crippen molar-refractivity contribution in [2.45, 2.75) is 13.2 Å². The third-order valence-corrected chi connectivity index (χ3v) is 9.07. The van der Waals surface area contributed by atoms with Crippen LogP contribution in [0.2, 0.25) is 0 Å². The molecule has 0 saturated carbocycles. The lowest BCUT2D eigenvalue weighted by Gasteiger charge is -2.15. The average Bonchev–Trinajstić information content (AvgIpc) is 3.53. The van der Waals surface area contributed by atoms with Crippen LogP contribution >= 0.6 is 0 Å². The van der Waals surface area contributed by atoms with Crippen LogP contribution in [0.5, 0.6) is 0 Å². The van der Waals surface area contributed by atoms with Gasteiger partial charge in [-0.3, -0.25) is 0 Å². The number of benzene rings is 6. The van der Waals surface area contributed by atoms with Crippen molar-refractivity contribution < 1.29 is 4.74 Å². The first-order valence-corrected chi connectivity index (χ1v) is 14.9. The molecule has 0 radical (unpaired) electrons. The van der Waals surface area contributed by atoms with Gasteiger partial charge in [-0.1, -0.05) is 60.7 Å². The summed E-state index contributed by atoms with van der Waals surface area (Å²) < 4.78 is 10.8. The van der Waals surface area contributed by atoms with Crippen molar-refractivity contribution in [2.24, 2.45) is 0 Å². The predicted molar refractivity (Wildman–Crippen MR) is 182 cm³/mol. The maximum atomic E-state index is 7.54. The molecule has 0 amide bonds. The topological polar surface area (TPSA) is 27.8 Å². The highest BCUT2D eigenvalue weighted by Crippen LogP contribution is 2.40. The molecule has 6 aromatic carbocycles. The van der Waals surface area contributed by atoms with E-state index in [1.54, 1.807) is 0 Å². The van der Waals surface area contributed by atoms with Gasteiger partial charge < -0.3 is 13.9 Å². The SMILES string of the molecule is [C-]#[N+]c1ccc2c(c1)c1ccccc1n2-c1ccc2c(c1)COCc1ccc(-n3c4ccccc4c4cc([N+]#[C-])ccc43)cc1-2. The molecule has 8 aromatic rings. The van der Waals surface area contributed by atoms with E-state index in [1.807, 2.05) is 24.3 Å². The van der Waals surface area contributed by atoms with Crippen molar-refractivity contribution in [1.29, 1.82) is 0 Å². The second-order valence-corrected chi connectivity index (χ2v) is 11.5. The van der Waals surface area contributed by atoms with Crippen LogP contribution in [0, 0.1) is 13.1 Å². The van der Waals surface area contributed by atoms with E-state index in [-0.39, 0.29) is 0 Å². The minimum absolute atomic E-state index is 0.515. The van der Waals surface area contributed by atoms with Gasteiger partial charge in [0, 0.05) is 22.1 Å². The quantitative estimate of drug-likeness (QED) is 0.188. The summed E-state index contributed by atoms with van der Waals surface area (Å²) in [6.07, 6.45) is 0. The Labute approximate surface area is 259 Å². The summed E-state index contributed by atoms with van der Waals surface area (Å²) >= 11 is 0. The molecule has 0 saturated heterocycles. The Morgan fingerprint density at radius 1 is 0.467 bits per heavy atom. The van der Waals surface area contributed by atoms with Gasteiger partial charge in [-0.05, 0) is 93.7 Å². The molecule has 0 spiro atoms. The Hall–Kier alpha value is -6.14. The van der Waals surface area contributed by atoms with Crippen molar-refractivity contribution in [2.75, 3.05) is 0 Å². The number of aromatic nitrogens is 2. The van der Waals surface area contributed by atoms with Gasteiger partial charge in [0.15, 0.2) is 11.4 Å². The molecule has 45 heavy (non-hydrogen) atoms. The molecule has 9 rings (SSSR count). The fraction of sp³-hybridized carbons (Fsp3) is 0.0500. The highest BCUT2D eigenvalue weighted by molar-refractivity contribution is 6.11. The molecule has 1 aliphatic rings. The zero-order chi connectivity index (χ0) is 30.1. The van der Waals surface area contributed by atoms with Crippen LogP contribution in [0.4, 0.5) is 11.4 Å². The van der Waals surface area contributed by atoms with Crippen LogP contribution < -0.4 is 0 Å². The molecule has 5 heteroatoms. The number of nitrogens with zero attached hydrogens (tertiary/aromatic N) is 4. The van der Waals surface area contributed by atoms with E-state index >= 15 is 0 Å². The molecule has 2 aromatic heterocycles. The van der Waals surface area contributed by atoms with Crippen LogP contribution in [0.15, 0.2) is 121 Å². The van der Waals surface area contributed by atoms with Gasteiger partial charge in [0.1, 0.15) is 0 Å². The molecule has 0 N–H and O–H groups in total. The van der Waals surface area contributed by atoms with Crippen molar-refractivity contribution in [3.8, 4) is 22.5 Å². The zero-order valence-electron chi connectivity index (χ0n) is 24.2. The van der Waals surface area contributed by atoms with Gasteiger partial charge in [-0.2, -0.15) is 0 Å². The van der Waals surface area contributed by atoms with E-state index < -0.39 is 0 Å². The molecule has 0 fully saturated rings. The number of hydrogen-bond acceptors (Lipinski definition) is 1. The lowest BCUT2D eigenvalue weighted by atomic mass is 9.95. The fourth-order valence-electron chi connectivity index (χ4n) is 7.07. The molecule has 210 valence electrons. The Kier molecular flexibility index (Phi) is 5.46. The summed E-state index contributed by atoms with van der Waals surface area (Å²) in [6, 6.07) is 42.0. The summed E-state index contributed by atoms with van der Waals surface area (Å²) in [7, 11) is 0. The zero-order valence-corrected chi connectivity index (χ0v) is 24.2. The summed E-state index contributed by atoms with van der Waals surface area (Å²) in [5, 5.41) is 4.43. The first-order chi connectivity index (χ1) is 22.2. The van der Waals surface area contributed by atoms with Crippen LogP contribution in [-0.2, 0) is 18.0 Å². The Balaban J connectivity index is 1.23. The summed E-state index contributed by atoms with van der Waals surface area (Å²) in [4.78, 5) is 7.36. The Morgan fingerprint density at radius 3 is 1.62 bits per heavy atom. The molecule has 0 bridgehead atoms. The van der Waals surface area contributed by atoms with E-state index in [4.69, 9.17) is 17.9 Å². The van der Waals surface area contributed by atoms with Crippen molar-refractivity contribution >= 4 is 55.0 Å². The van der Waals surface area contributed by atoms with Crippen molar-refractivity contribution in [3.05, 3.63) is 155 Å². The molecule has 0 aliphatic carbocycles. The van der Waals surface area contributed by atoms with E-state index in [0.717, 1.165) is 66.1 Å². The van der Waals surface area contributed by atoms with Gasteiger partial charge in [0.2, 0.25) is 0 Å². The number of rotatable bonds is 2. The molecule has 5 nitrogen and oxygen atoms in total. The number of hydrogen-bond donors (Lipinski definition) is 0. The molecule has 0 atom stereocenters. The maximum absolute atomic E-state index is 7.54. The predicted octanol–water partition coefficient (Wildman–Crippen LogP) is 10.7. The highest BCUT2D eigenvalue weighted by Gasteiger charge is 2.20. The van der Waals surface area contributed by atoms with E-state index in [2.05, 4.69) is 116 Å². The van der Waals surface area contributed by atoms with Crippen LogP contribution in [0.25, 0.3) is 75.8 Å². The van der Waals surface area contributed by atoms with Gasteiger partial charge in [0.25, 0.3) is 0 Å². The normalized spacial score (nSPS) is 12.6. The van der Waals surface area contributed by atoms with Crippen molar-refractivity contribution in [1.82, 2.24) is 9.13 Å². The van der Waals surface area contributed by atoms with Crippen LogP contribution in [0.3, 0.4) is 0 Å². The molecule has 0 unspecified atom stereocenters. The number of para-hydroxylation sites is 2. The van der Waals surface area contributed by atoms with Gasteiger partial charge >= 0.3 is 0 Å². The monoisotopic (exact) mass is 576 g/mol. The standard InChI is InChI=1S/C40H24N4O/c1-41-27-12-17-39-35(20-27)32-7-3-5-9-37(32)43(39)29-15-16-31-26(19-29)24-45-23-25-11-14-30(22-34(25)31)44-38-10-6-4-8-33(38)36-21-28(42-2)13-18-40(36)44/h3-22H,23-24H2. The third kappa shape index (κ3) is 3.76. The first-order valence-electron chi connectivity index (χ1n) is 14.9. The third-order valence-electron chi connectivity index (χ3n) is 9.07. The number of fused-ring (bicyclic) bond motifs is 9. The minimum Gasteiger partial charge on any atom is -0.372 e. The average molecular weight is 577 g/mol. The van der Waals surface area contributed by atoms with Gasteiger partial charge in [0.05, 0.1) is 48.4 Å². The summed E-state index contributed by atoms with van der Waals surface area (Å²) in [5.41, 5.74) is 12.4. The molecule has 1 aliphatic heterocycles. The molecular weight excluding hydrogens is 552 g/mol. The Bertz CT molecular complexity index is 2610. The van der Waals surface area contributed by atoms with E-state index in [9.17, 15) is 0 Å². The minimum atomic E-state index is 0.515. The Morgan fingerprint density at radius 2 is 1.00 bits per heavy atom. The van der Waals surface area contributed by atoms with Crippen molar-refractivity contribution in [3.63, 3.8) is 0 Å².